The molecule has 0 aromatic carbocycles. The third kappa shape index (κ3) is 3.18. The van der Waals surface area contributed by atoms with Crippen LogP contribution in [0.1, 0.15) is 12.1 Å². The van der Waals surface area contributed by atoms with E-state index in [9.17, 15) is 0 Å². The van der Waals surface area contributed by atoms with Crippen molar-refractivity contribution in [3.63, 3.8) is 0 Å². The first-order valence-corrected chi connectivity index (χ1v) is 6.06. The predicted octanol–water partition coefficient (Wildman–Crippen LogP) is 0.849. The van der Waals surface area contributed by atoms with Gasteiger partial charge in [-0.25, -0.2) is 4.52 Å². The van der Waals surface area contributed by atoms with E-state index in [2.05, 4.69) is 15.4 Å². The smallest absolute Gasteiger partial charge is 0.243 e. The van der Waals surface area contributed by atoms with Crippen LogP contribution in [0.25, 0.3) is 5.65 Å². The maximum atomic E-state index is 8.54. The lowest BCUT2D eigenvalue weighted by Crippen LogP contribution is -2.08. The van der Waals surface area contributed by atoms with Crippen molar-refractivity contribution in [3.05, 3.63) is 23.9 Å². The second-order valence-corrected chi connectivity index (χ2v) is 3.99. The van der Waals surface area contributed by atoms with E-state index >= 15 is 0 Å². The molecule has 2 heterocycles. The Morgan fingerprint density at radius 3 is 3.06 bits per heavy atom. The maximum Gasteiger partial charge on any atom is 0.243 e. The van der Waals surface area contributed by atoms with E-state index in [4.69, 9.17) is 9.84 Å². The normalized spacial score (nSPS) is 11.0. The first-order valence-electron chi connectivity index (χ1n) is 6.06. The van der Waals surface area contributed by atoms with E-state index in [0.717, 1.165) is 24.3 Å². The second kappa shape index (κ2) is 6.32. The molecule has 0 aliphatic rings. The number of aromatic nitrogens is 3. The van der Waals surface area contributed by atoms with Crippen molar-refractivity contribution in [2.75, 3.05) is 31.7 Å². The molecule has 98 valence electrons. The summed E-state index contributed by atoms with van der Waals surface area (Å²) in [5.74, 6) is 0.631. The third-order valence-corrected chi connectivity index (χ3v) is 2.53. The zero-order chi connectivity index (χ0) is 12.8. The SMILES string of the molecule is Cc1cccc2nc(NCCCOCCO)nn12. The predicted molar refractivity (Wildman–Crippen MR) is 68.7 cm³/mol. The molecule has 0 aliphatic heterocycles. The number of hydrogen-bond acceptors (Lipinski definition) is 5. The molecule has 2 rings (SSSR count). The minimum absolute atomic E-state index is 0.0701. The summed E-state index contributed by atoms with van der Waals surface area (Å²) in [4.78, 5) is 4.37. The van der Waals surface area contributed by atoms with E-state index in [-0.39, 0.29) is 6.61 Å². The van der Waals surface area contributed by atoms with Gasteiger partial charge in [-0.3, -0.25) is 0 Å². The molecule has 0 amide bonds. The van der Waals surface area contributed by atoms with Crippen molar-refractivity contribution in [1.29, 1.82) is 0 Å². The van der Waals surface area contributed by atoms with Gasteiger partial charge in [0.15, 0.2) is 5.65 Å². The lowest BCUT2D eigenvalue weighted by molar-refractivity contribution is 0.0921. The summed E-state index contributed by atoms with van der Waals surface area (Å²) in [7, 11) is 0. The number of pyridine rings is 1. The van der Waals surface area contributed by atoms with Crippen molar-refractivity contribution in [3.8, 4) is 0 Å². The number of hydrogen-bond donors (Lipinski definition) is 2. The molecule has 0 saturated carbocycles. The monoisotopic (exact) mass is 250 g/mol. The quantitative estimate of drug-likeness (QED) is 0.713. The number of nitrogens with zero attached hydrogens (tertiary/aromatic N) is 3. The van der Waals surface area contributed by atoms with Crippen molar-refractivity contribution in [2.45, 2.75) is 13.3 Å². The van der Waals surface area contributed by atoms with Crippen LogP contribution in [0.3, 0.4) is 0 Å². The van der Waals surface area contributed by atoms with Crippen LogP contribution in [0, 0.1) is 6.92 Å². The van der Waals surface area contributed by atoms with Crippen molar-refractivity contribution < 1.29 is 9.84 Å². The summed E-state index contributed by atoms with van der Waals surface area (Å²) < 4.78 is 6.97. The van der Waals surface area contributed by atoms with Crippen LogP contribution in [0.2, 0.25) is 0 Å². The highest BCUT2D eigenvalue weighted by Crippen LogP contribution is 2.07. The van der Waals surface area contributed by atoms with Crippen molar-refractivity contribution in [2.24, 2.45) is 0 Å². The molecule has 6 heteroatoms. The molecule has 0 unspecified atom stereocenters. The third-order valence-electron chi connectivity index (χ3n) is 2.53. The molecule has 2 aromatic heterocycles. The molecule has 2 aromatic rings. The molecule has 0 atom stereocenters. The number of aliphatic hydroxyl groups is 1. The number of rotatable bonds is 7. The molecule has 0 bridgehead atoms. The van der Waals surface area contributed by atoms with Gasteiger partial charge in [0.05, 0.1) is 13.2 Å². The molecule has 0 spiro atoms. The maximum absolute atomic E-state index is 8.54. The van der Waals surface area contributed by atoms with E-state index in [1.165, 1.54) is 0 Å². The summed E-state index contributed by atoms with van der Waals surface area (Å²) in [6, 6.07) is 5.88. The van der Waals surface area contributed by atoms with Crippen LogP contribution in [0.4, 0.5) is 5.95 Å². The van der Waals surface area contributed by atoms with Gasteiger partial charge in [-0.1, -0.05) is 6.07 Å². The van der Waals surface area contributed by atoms with E-state index in [0.29, 0.717) is 19.2 Å². The zero-order valence-electron chi connectivity index (χ0n) is 10.5. The van der Waals surface area contributed by atoms with E-state index < -0.39 is 0 Å². The average molecular weight is 250 g/mol. The molecule has 0 aliphatic carbocycles. The van der Waals surface area contributed by atoms with Crippen LogP contribution in [-0.2, 0) is 4.74 Å². The fraction of sp³-hybridized carbons (Fsp3) is 0.500. The molecule has 0 fully saturated rings. The number of aryl methyl sites for hydroxylation is 1. The minimum Gasteiger partial charge on any atom is -0.394 e. The van der Waals surface area contributed by atoms with Crippen molar-refractivity contribution in [1.82, 2.24) is 14.6 Å². The second-order valence-electron chi connectivity index (χ2n) is 3.99. The summed E-state index contributed by atoms with van der Waals surface area (Å²) in [6.45, 7) is 3.84. The topological polar surface area (TPSA) is 71.7 Å². The van der Waals surface area contributed by atoms with E-state index in [1.807, 2.05) is 29.6 Å². The molecule has 2 N–H and O–H groups in total. The Balaban J connectivity index is 1.83. The molecule has 6 nitrogen and oxygen atoms in total. The summed E-state index contributed by atoms with van der Waals surface area (Å²) in [5.41, 5.74) is 1.90. The number of ether oxygens (including phenoxy) is 1. The lowest BCUT2D eigenvalue weighted by Gasteiger charge is -2.02. The first kappa shape index (κ1) is 12.8. The van der Waals surface area contributed by atoms with Crippen LogP contribution >= 0.6 is 0 Å². The summed E-state index contributed by atoms with van der Waals surface area (Å²) in [6.07, 6.45) is 0.856. The Morgan fingerprint density at radius 1 is 1.39 bits per heavy atom. The standard InChI is InChI=1S/C12H18N4O2/c1-10-4-2-5-11-14-12(15-16(10)11)13-6-3-8-18-9-7-17/h2,4-5,17H,3,6-9H2,1H3,(H,13,15). The Kier molecular flexibility index (Phi) is 4.49. The van der Waals surface area contributed by atoms with Gasteiger partial charge in [-0.15, -0.1) is 5.10 Å². The Labute approximate surface area is 106 Å². The molecule has 0 radical (unpaired) electrons. The fourth-order valence-electron chi connectivity index (χ4n) is 1.65. The van der Waals surface area contributed by atoms with Gasteiger partial charge < -0.3 is 15.2 Å². The van der Waals surface area contributed by atoms with Gasteiger partial charge in [-0.2, -0.15) is 4.98 Å². The summed E-state index contributed by atoms with van der Waals surface area (Å²) in [5, 5.41) is 16.1. The van der Waals surface area contributed by atoms with E-state index in [1.54, 1.807) is 0 Å². The zero-order valence-corrected chi connectivity index (χ0v) is 10.5. The van der Waals surface area contributed by atoms with Gasteiger partial charge >= 0.3 is 0 Å². The fourth-order valence-corrected chi connectivity index (χ4v) is 1.65. The van der Waals surface area contributed by atoms with Gasteiger partial charge in [0.25, 0.3) is 0 Å². The number of fused-ring (bicyclic) bond motifs is 1. The number of anilines is 1. The van der Waals surface area contributed by atoms with Gasteiger partial charge in [0, 0.05) is 18.8 Å². The average Bonchev–Trinajstić information content (AvgIpc) is 2.78. The highest BCUT2D eigenvalue weighted by molar-refractivity contribution is 5.44. The molecular formula is C12H18N4O2. The summed E-state index contributed by atoms with van der Waals surface area (Å²) >= 11 is 0. The van der Waals surface area contributed by atoms with Crippen LogP contribution in [0.5, 0.6) is 0 Å². The Bertz CT molecular complexity index is 498. The molecular weight excluding hydrogens is 232 g/mol. The van der Waals surface area contributed by atoms with Gasteiger partial charge in [-0.05, 0) is 25.5 Å². The van der Waals surface area contributed by atoms with Crippen molar-refractivity contribution >= 4 is 11.6 Å². The Hall–Kier alpha value is -1.66. The minimum atomic E-state index is 0.0701. The van der Waals surface area contributed by atoms with Gasteiger partial charge in [0.2, 0.25) is 5.95 Å². The largest absolute Gasteiger partial charge is 0.394 e. The highest BCUT2D eigenvalue weighted by Gasteiger charge is 2.03. The van der Waals surface area contributed by atoms with Crippen LogP contribution < -0.4 is 5.32 Å². The first-order chi connectivity index (χ1) is 8.81. The molecule has 18 heavy (non-hydrogen) atoms. The van der Waals surface area contributed by atoms with Crippen LogP contribution in [-0.4, -0.2) is 46.1 Å². The Morgan fingerprint density at radius 2 is 2.28 bits per heavy atom. The number of aliphatic hydroxyl groups excluding tert-OH is 1. The van der Waals surface area contributed by atoms with Gasteiger partial charge in [0.1, 0.15) is 0 Å². The lowest BCUT2D eigenvalue weighted by atomic mass is 10.4. The number of nitrogens with one attached hydrogen (secondary N) is 1. The van der Waals surface area contributed by atoms with Crippen LogP contribution in [0.15, 0.2) is 18.2 Å². The highest BCUT2D eigenvalue weighted by atomic mass is 16.5. The molecule has 0 saturated heterocycles.